The van der Waals surface area contributed by atoms with E-state index in [-0.39, 0.29) is 18.4 Å². The molecule has 0 bridgehead atoms. The molecule has 3 heteroatoms. The van der Waals surface area contributed by atoms with E-state index in [0.717, 1.165) is 12.8 Å². The van der Waals surface area contributed by atoms with Crippen molar-refractivity contribution in [3.05, 3.63) is 0 Å². The minimum Gasteiger partial charge on any atom is -0.481 e. The largest absolute Gasteiger partial charge is 0.481 e. The van der Waals surface area contributed by atoms with Crippen LogP contribution in [-0.2, 0) is 4.79 Å². The van der Waals surface area contributed by atoms with E-state index in [1.54, 1.807) is 0 Å². The first-order chi connectivity index (χ1) is 4.74. The van der Waals surface area contributed by atoms with Gasteiger partial charge in [0, 0.05) is 6.61 Å². The molecular weight excluding hydrogens is 132 g/mol. The van der Waals surface area contributed by atoms with Gasteiger partial charge < -0.3 is 10.2 Å². The Bertz CT molecular complexity index is 133. The van der Waals surface area contributed by atoms with E-state index < -0.39 is 5.97 Å². The van der Waals surface area contributed by atoms with E-state index in [2.05, 4.69) is 0 Å². The van der Waals surface area contributed by atoms with Crippen molar-refractivity contribution < 1.29 is 15.0 Å². The fourth-order valence-electron chi connectivity index (χ4n) is 1.47. The summed E-state index contributed by atoms with van der Waals surface area (Å²) in [5.41, 5.74) is 0. The third-order valence-corrected chi connectivity index (χ3v) is 2.15. The Labute approximate surface area is 59.7 Å². The minimum atomic E-state index is -0.712. The number of hydrogen-bond acceptors (Lipinski definition) is 2. The van der Waals surface area contributed by atoms with Crippen molar-refractivity contribution in [3.8, 4) is 0 Å². The lowest BCUT2D eigenvalue weighted by Crippen LogP contribution is -2.10. The monoisotopic (exact) mass is 144 g/mol. The molecule has 10 heavy (non-hydrogen) atoms. The van der Waals surface area contributed by atoms with Crippen molar-refractivity contribution >= 4 is 5.97 Å². The maximum absolute atomic E-state index is 10.4. The van der Waals surface area contributed by atoms with Gasteiger partial charge in [0.05, 0.1) is 5.92 Å². The minimum absolute atomic E-state index is 0.143. The quantitative estimate of drug-likeness (QED) is 0.592. The van der Waals surface area contributed by atoms with Crippen LogP contribution in [0.5, 0.6) is 0 Å². The molecule has 2 unspecified atom stereocenters. The summed E-state index contributed by atoms with van der Waals surface area (Å²) >= 11 is 0. The molecule has 0 aromatic heterocycles. The standard InChI is InChI=1S/C7H12O3/c8-4-5-1-2-6(3-5)7(9)10/h5-6,8H,1-4H2,(H,9,10). The smallest absolute Gasteiger partial charge is 0.306 e. The molecule has 1 saturated carbocycles. The van der Waals surface area contributed by atoms with Crippen molar-refractivity contribution in [2.45, 2.75) is 19.3 Å². The summed E-state index contributed by atoms with van der Waals surface area (Å²) in [4.78, 5) is 10.4. The van der Waals surface area contributed by atoms with Gasteiger partial charge in [0.2, 0.25) is 0 Å². The average molecular weight is 144 g/mol. The zero-order chi connectivity index (χ0) is 7.56. The van der Waals surface area contributed by atoms with E-state index in [1.807, 2.05) is 0 Å². The summed E-state index contributed by atoms with van der Waals surface area (Å²) in [6.07, 6.45) is 2.26. The number of carboxylic acid groups (broad SMARTS) is 1. The Hall–Kier alpha value is -0.570. The van der Waals surface area contributed by atoms with Gasteiger partial charge in [-0.3, -0.25) is 4.79 Å². The number of hydrogen-bond donors (Lipinski definition) is 2. The number of aliphatic hydroxyl groups excluding tert-OH is 1. The highest BCUT2D eigenvalue weighted by Gasteiger charge is 2.28. The maximum Gasteiger partial charge on any atom is 0.306 e. The van der Waals surface area contributed by atoms with Gasteiger partial charge in [0.15, 0.2) is 0 Å². The van der Waals surface area contributed by atoms with Crippen LogP contribution in [0.15, 0.2) is 0 Å². The van der Waals surface area contributed by atoms with Gasteiger partial charge in [-0.1, -0.05) is 0 Å². The molecule has 0 spiro atoms. The topological polar surface area (TPSA) is 57.5 Å². The fourth-order valence-corrected chi connectivity index (χ4v) is 1.47. The van der Waals surface area contributed by atoms with Crippen LogP contribution in [0.1, 0.15) is 19.3 Å². The van der Waals surface area contributed by atoms with Crippen LogP contribution in [0.25, 0.3) is 0 Å². The molecule has 0 amide bonds. The molecule has 0 aliphatic heterocycles. The number of rotatable bonds is 2. The predicted octanol–water partition coefficient (Wildman–Crippen LogP) is 0.480. The Morgan fingerprint density at radius 1 is 1.50 bits per heavy atom. The number of aliphatic hydroxyl groups is 1. The van der Waals surface area contributed by atoms with Gasteiger partial charge in [0.25, 0.3) is 0 Å². The van der Waals surface area contributed by atoms with Crippen molar-refractivity contribution in [1.29, 1.82) is 0 Å². The van der Waals surface area contributed by atoms with Gasteiger partial charge in [-0.05, 0) is 25.2 Å². The third-order valence-electron chi connectivity index (χ3n) is 2.15. The first kappa shape index (κ1) is 7.54. The molecule has 58 valence electrons. The zero-order valence-electron chi connectivity index (χ0n) is 5.79. The van der Waals surface area contributed by atoms with Crippen LogP contribution in [-0.4, -0.2) is 22.8 Å². The van der Waals surface area contributed by atoms with Gasteiger partial charge in [-0.2, -0.15) is 0 Å². The summed E-state index contributed by atoms with van der Waals surface area (Å²) in [5, 5.41) is 17.2. The molecule has 0 heterocycles. The second kappa shape index (κ2) is 3.01. The van der Waals surface area contributed by atoms with Crippen molar-refractivity contribution in [3.63, 3.8) is 0 Å². The third kappa shape index (κ3) is 1.48. The average Bonchev–Trinajstić information content (AvgIpc) is 2.34. The SMILES string of the molecule is O=C(O)C1CCC(CO)C1. The van der Waals surface area contributed by atoms with Crippen LogP contribution >= 0.6 is 0 Å². The lowest BCUT2D eigenvalue weighted by molar-refractivity contribution is -0.141. The molecule has 3 nitrogen and oxygen atoms in total. The number of carboxylic acids is 1. The summed E-state index contributed by atoms with van der Waals surface area (Å²) in [6.45, 7) is 0.143. The Morgan fingerprint density at radius 2 is 2.20 bits per heavy atom. The van der Waals surface area contributed by atoms with Gasteiger partial charge in [-0.15, -0.1) is 0 Å². The molecule has 1 rings (SSSR count). The highest BCUT2D eigenvalue weighted by Crippen LogP contribution is 2.30. The highest BCUT2D eigenvalue weighted by molar-refractivity contribution is 5.70. The van der Waals surface area contributed by atoms with E-state index in [1.165, 1.54) is 0 Å². The molecule has 2 atom stereocenters. The van der Waals surface area contributed by atoms with Crippen molar-refractivity contribution in [2.75, 3.05) is 6.61 Å². The molecule has 1 aliphatic carbocycles. The zero-order valence-corrected chi connectivity index (χ0v) is 5.79. The lowest BCUT2D eigenvalue weighted by atomic mass is 10.1. The summed E-state index contributed by atoms with van der Waals surface area (Å²) in [6, 6.07) is 0. The highest BCUT2D eigenvalue weighted by atomic mass is 16.4. The second-order valence-electron chi connectivity index (χ2n) is 2.90. The fraction of sp³-hybridized carbons (Fsp3) is 0.857. The van der Waals surface area contributed by atoms with E-state index in [4.69, 9.17) is 10.2 Å². The van der Waals surface area contributed by atoms with Gasteiger partial charge in [-0.25, -0.2) is 0 Å². The lowest BCUT2D eigenvalue weighted by Gasteiger charge is -2.02. The molecule has 0 radical (unpaired) electrons. The normalized spacial score (nSPS) is 32.5. The van der Waals surface area contributed by atoms with Crippen molar-refractivity contribution in [2.24, 2.45) is 11.8 Å². The van der Waals surface area contributed by atoms with Gasteiger partial charge >= 0.3 is 5.97 Å². The van der Waals surface area contributed by atoms with E-state index in [0.29, 0.717) is 6.42 Å². The maximum atomic E-state index is 10.4. The first-order valence-corrected chi connectivity index (χ1v) is 3.57. The van der Waals surface area contributed by atoms with Crippen LogP contribution in [0.3, 0.4) is 0 Å². The van der Waals surface area contributed by atoms with Gasteiger partial charge in [0.1, 0.15) is 0 Å². The van der Waals surface area contributed by atoms with Crippen molar-refractivity contribution in [1.82, 2.24) is 0 Å². The molecule has 1 fully saturated rings. The second-order valence-corrected chi connectivity index (χ2v) is 2.90. The summed E-state index contributed by atoms with van der Waals surface area (Å²) in [5.74, 6) is -0.672. The van der Waals surface area contributed by atoms with E-state index in [9.17, 15) is 4.79 Å². The first-order valence-electron chi connectivity index (χ1n) is 3.57. The Kier molecular flexibility index (Phi) is 2.27. The summed E-state index contributed by atoms with van der Waals surface area (Å²) < 4.78 is 0. The predicted molar refractivity (Wildman–Crippen MR) is 35.6 cm³/mol. The summed E-state index contributed by atoms with van der Waals surface area (Å²) in [7, 11) is 0. The van der Waals surface area contributed by atoms with Crippen LogP contribution in [0.2, 0.25) is 0 Å². The number of carbonyl (C=O) groups is 1. The molecule has 0 aromatic carbocycles. The molecular formula is C7H12O3. The van der Waals surface area contributed by atoms with Crippen LogP contribution < -0.4 is 0 Å². The van der Waals surface area contributed by atoms with Crippen LogP contribution in [0, 0.1) is 11.8 Å². The molecule has 0 saturated heterocycles. The number of aliphatic carboxylic acids is 1. The molecule has 2 N–H and O–H groups in total. The molecule has 0 aromatic rings. The molecule has 1 aliphatic rings. The van der Waals surface area contributed by atoms with E-state index >= 15 is 0 Å². The Balaban J connectivity index is 2.35. The Morgan fingerprint density at radius 3 is 2.50 bits per heavy atom. The van der Waals surface area contributed by atoms with Crippen LogP contribution in [0.4, 0.5) is 0 Å².